The molecule has 4 aromatic heterocycles. The molecule has 0 aliphatic rings. The summed E-state index contributed by atoms with van der Waals surface area (Å²) in [5.41, 5.74) is 7.25. The van der Waals surface area contributed by atoms with Gasteiger partial charge >= 0.3 is 382 Å². The summed E-state index contributed by atoms with van der Waals surface area (Å²) in [5, 5.41) is 3.97. The van der Waals surface area contributed by atoms with Crippen LogP contribution in [-0.2, 0) is 19.4 Å². The molecule has 0 bridgehead atoms. The molecule has 0 radical (unpaired) electrons. The van der Waals surface area contributed by atoms with Gasteiger partial charge in [-0.3, -0.25) is 0 Å². The number of fused-ring (bicyclic) bond motifs is 7. The molecule has 0 unspecified atom stereocenters. The Kier molecular flexibility index (Phi) is 7.35. The Morgan fingerprint density at radius 2 is 0.971 bits per heavy atom. The summed E-state index contributed by atoms with van der Waals surface area (Å²) in [7, 11) is 0. The van der Waals surface area contributed by atoms with Crippen LogP contribution in [-0.4, -0.2) is 23.3 Å². The Labute approximate surface area is 417 Å². The average Bonchev–Trinajstić information content (AvgIpc) is 4.10. The fraction of sp³-hybridized carbons (Fsp3) is 0.0164. The Morgan fingerprint density at radius 1 is 0.441 bits per heavy atom. The van der Waals surface area contributed by atoms with Gasteiger partial charge in [0, 0.05) is 6.20 Å². The zero-order chi connectivity index (χ0) is 54.0. The third-order valence-electron chi connectivity index (χ3n) is 12.5. The number of benzene rings is 9. The fourth-order valence-corrected chi connectivity index (χ4v) is 10.7. The third kappa shape index (κ3) is 6.51. The van der Waals surface area contributed by atoms with E-state index in [1.165, 1.54) is 0 Å². The van der Waals surface area contributed by atoms with Gasteiger partial charge in [0.2, 0.25) is 0 Å². The second kappa shape index (κ2) is 16.2. The number of pyridine rings is 1. The second-order valence-electron chi connectivity index (χ2n) is 16.5. The molecule has 0 aliphatic heterocycles. The van der Waals surface area contributed by atoms with E-state index in [9.17, 15) is 5.48 Å². The molecular weight excluding hydrogens is 1010 g/mol. The maximum atomic E-state index is 9.53. The Balaban J connectivity index is 1.08. The van der Waals surface area contributed by atoms with E-state index in [0.29, 0.717) is 37.7 Å². The summed E-state index contributed by atoms with van der Waals surface area (Å²) in [4.78, 5) is 4.79. The zero-order valence-electron chi connectivity index (χ0n) is 46.1. The molecule has 326 valence electrons. The second-order valence-corrected chi connectivity index (χ2v) is 17.5. The number of para-hydroxylation sites is 5. The number of imidazole rings is 1. The number of nitrogens with zero attached hydrogens (tertiary/aromatic N) is 5. The van der Waals surface area contributed by atoms with Crippen molar-refractivity contribution in [3.63, 3.8) is 0 Å². The van der Waals surface area contributed by atoms with Crippen molar-refractivity contribution in [3.8, 4) is 56.6 Å². The molecule has 13 aromatic rings. The van der Waals surface area contributed by atoms with E-state index < -0.39 is 60.4 Å². The van der Waals surface area contributed by atoms with Crippen molar-refractivity contribution in [2.45, 2.75) is 6.92 Å². The van der Waals surface area contributed by atoms with Crippen LogP contribution >= 0.6 is 0 Å². The van der Waals surface area contributed by atoms with E-state index in [4.69, 9.17) is 17.9 Å². The predicted molar refractivity (Wildman–Crippen MR) is 274 cm³/mol. The van der Waals surface area contributed by atoms with Crippen molar-refractivity contribution in [3.05, 3.63) is 240 Å². The minimum atomic E-state index is -0.577. The van der Waals surface area contributed by atoms with E-state index >= 15 is 0 Å². The van der Waals surface area contributed by atoms with E-state index in [0.717, 1.165) is 55.0 Å². The van der Waals surface area contributed by atoms with Crippen LogP contribution in [0.3, 0.4) is 0 Å². The van der Waals surface area contributed by atoms with Crippen LogP contribution in [0.25, 0.3) is 99.8 Å². The number of aromatic nitrogens is 5. The first kappa shape index (κ1) is 30.8. The molecule has 4 heterocycles. The van der Waals surface area contributed by atoms with Gasteiger partial charge in [0.1, 0.15) is 0 Å². The maximum absolute atomic E-state index is 9.53. The van der Waals surface area contributed by atoms with Gasteiger partial charge in [0.05, 0.1) is 0 Å². The first-order valence-electron chi connectivity index (χ1n) is 27.0. The number of rotatable bonds is 8. The summed E-state index contributed by atoms with van der Waals surface area (Å²) in [6, 6.07) is 47.4. The number of hydrogen-bond acceptors (Lipinski definition) is 2. The molecule has 0 amide bonds. The van der Waals surface area contributed by atoms with Gasteiger partial charge in [-0.2, -0.15) is 0 Å². The molecule has 13 rings (SSSR count). The van der Waals surface area contributed by atoms with Crippen molar-refractivity contribution in [1.29, 1.82) is 0 Å². The van der Waals surface area contributed by atoms with Crippen LogP contribution in [0.15, 0.2) is 230 Å². The Morgan fingerprint density at radius 3 is 1.56 bits per heavy atom. The van der Waals surface area contributed by atoms with Crippen LogP contribution in [0.2, 0.25) is 0 Å². The van der Waals surface area contributed by atoms with Crippen LogP contribution in [0.1, 0.15) is 19.3 Å². The predicted octanol–water partition coefficient (Wildman–Crippen LogP) is 15.5. The molecule has 0 atom stereocenters. The summed E-state index contributed by atoms with van der Waals surface area (Å²) < 4.78 is 107. The standard InChI is InChI=1S/C61H41N5O.Pt/c1-41-31-34-60(62-39-41)66-56-28-13-10-25-50(56)51-33-32-47(38-59(51)66)67-46-22-16-21-44(35-46)63-40-64(58-30-15-14-29-57(58)63)61-52(42-17-4-2-5-18-42)36-45(37-53(61)43-19-6-3-7-20-43)65-54-26-11-8-23-48(54)49-24-9-12-27-55(49)65;/h2-39H,1H3;/i2D,3D,4D,5D,6D,7D,17D,18D,19D,20D;. The van der Waals surface area contributed by atoms with Gasteiger partial charge in [-0.25, -0.2) is 0 Å². The normalized spacial score (nSPS) is 13.8. The van der Waals surface area contributed by atoms with E-state index in [1.807, 2.05) is 160 Å². The summed E-state index contributed by atoms with van der Waals surface area (Å²) >= 11 is 2.20. The van der Waals surface area contributed by atoms with Crippen LogP contribution < -0.4 is 4.74 Å². The monoisotopic (exact) mass is 1060 g/mol. The van der Waals surface area contributed by atoms with Gasteiger partial charge in [0.25, 0.3) is 0 Å². The Hall–Kier alpha value is -8.31. The minimum absolute atomic E-state index is 0.141. The summed E-state index contributed by atoms with van der Waals surface area (Å²) in [5.74, 6) is 1.89. The number of aryl methyl sites for hydroxylation is 1. The number of hydrogen-bond donors (Lipinski definition) is 0. The van der Waals surface area contributed by atoms with Crippen LogP contribution in [0.4, 0.5) is 0 Å². The molecule has 6 nitrogen and oxygen atoms in total. The molecule has 7 heteroatoms. The van der Waals surface area contributed by atoms with Crippen molar-refractivity contribution in [1.82, 2.24) is 23.3 Å². The molecule has 0 spiro atoms. The van der Waals surface area contributed by atoms with E-state index in [1.54, 1.807) is 12.1 Å². The molecular formula is C61H41N5OPt. The quantitative estimate of drug-likeness (QED) is 0.152. The van der Waals surface area contributed by atoms with Gasteiger partial charge in [-0.1, -0.05) is 18.2 Å². The third-order valence-corrected chi connectivity index (χ3v) is 13.5. The van der Waals surface area contributed by atoms with Gasteiger partial charge in [-0.15, -0.1) is 0 Å². The topological polar surface area (TPSA) is 41.8 Å². The first-order valence-corrected chi connectivity index (χ1v) is 23.1. The van der Waals surface area contributed by atoms with Crippen LogP contribution in [0, 0.1) is 10.7 Å². The van der Waals surface area contributed by atoms with Crippen molar-refractivity contribution >= 4 is 54.6 Å². The molecule has 68 heavy (non-hydrogen) atoms. The van der Waals surface area contributed by atoms with Crippen molar-refractivity contribution < 1.29 is 37.8 Å². The summed E-state index contributed by atoms with van der Waals surface area (Å²) in [6.07, 6.45) is 1.85. The molecule has 0 saturated heterocycles. The molecule has 0 saturated carbocycles. The average molecular weight is 1070 g/mol. The van der Waals surface area contributed by atoms with Crippen molar-refractivity contribution in [2.75, 3.05) is 0 Å². The van der Waals surface area contributed by atoms with Crippen LogP contribution in [0.5, 0.6) is 11.5 Å². The van der Waals surface area contributed by atoms with Gasteiger partial charge in [-0.05, 0) is 12.5 Å². The van der Waals surface area contributed by atoms with Gasteiger partial charge < -0.3 is 0 Å². The van der Waals surface area contributed by atoms with Crippen molar-refractivity contribution in [2.24, 2.45) is 0 Å². The van der Waals surface area contributed by atoms with E-state index in [2.05, 4.69) is 42.1 Å². The van der Waals surface area contributed by atoms with E-state index in [-0.39, 0.29) is 27.9 Å². The number of ether oxygens (including phenoxy) is 1. The SMILES string of the molecule is [2H]c1c([2H])c([2H])c(-c2cc(-n3c4ccccc4c4ccccc43)cc(-c3c([2H])c([2H])c([2H])c([2H])c3[2H])c2-n2[c](=[Pt])n(-c3cccc(Oc4ccc5c6ccccc6n(-c6ccc(C)cn6)c5c4)c3)c3ccccc32)c([2H])c1[2H]. The molecule has 0 N–H and O–H groups in total. The van der Waals surface area contributed by atoms with Gasteiger partial charge in [0.15, 0.2) is 0 Å². The Bertz CT molecular complexity index is 4570. The zero-order valence-corrected chi connectivity index (χ0v) is 38.4. The molecule has 9 aromatic carbocycles. The summed E-state index contributed by atoms with van der Waals surface area (Å²) in [6.45, 7) is 2.01. The molecule has 0 fully saturated rings. The first-order chi connectivity index (χ1) is 37.7. The molecule has 0 aliphatic carbocycles. The fourth-order valence-electron chi connectivity index (χ4n) is 9.59.